The smallest absolute Gasteiger partial charge is 0.272 e. The van der Waals surface area contributed by atoms with E-state index in [-0.39, 0.29) is 11.4 Å². The van der Waals surface area contributed by atoms with Crippen LogP contribution in [0.15, 0.2) is 36.4 Å². The van der Waals surface area contributed by atoms with E-state index in [0.29, 0.717) is 5.75 Å². The minimum atomic E-state index is -0.734. The molecule has 0 unspecified atom stereocenters. The van der Waals surface area contributed by atoms with Crippen LogP contribution < -0.4 is 4.74 Å². The Hall–Kier alpha value is -2.43. The van der Waals surface area contributed by atoms with Crippen molar-refractivity contribution in [3.8, 4) is 11.5 Å². The molecule has 0 bridgehead atoms. The Kier molecular flexibility index (Phi) is 3.56. The summed E-state index contributed by atoms with van der Waals surface area (Å²) in [7, 11) is 0. The molecule has 0 heterocycles. The molecule has 0 saturated carbocycles. The lowest BCUT2D eigenvalue weighted by Crippen LogP contribution is -2.02. The molecule has 2 aromatic carbocycles. The molecule has 5 heteroatoms. The lowest BCUT2D eigenvalue weighted by Gasteiger charge is -2.16. The summed E-state index contributed by atoms with van der Waals surface area (Å²) in [4.78, 5) is 9.95. The van der Waals surface area contributed by atoms with Gasteiger partial charge < -0.3 is 4.74 Å². The number of rotatable bonds is 3. The summed E-state index contributed by atoms with van der Waals surface area (Å²) in [5.41, 5.74) is 2.27. The summed E-state index contributed by atoms with van der Waals surface area (Å²) in [5.74, 6) is -0.179. The normalized spacial score (nSPS) is 13.6. The molecule has 3 rings (SSSR count). The van der Waals surface area contributed by atoms with Gasteiger partial charge in [-0.05, 0) is 55.0 Å². The molecule has 108 valence electrons. The Morgan fingerprint density at radius 3 is 2.52 bits per heavy atom. The molecule has 0 aromatic heterocycles. The molecule has 0 aliphatic heterocycles. The van der Waals surface area contributed by atoms with Crippen LogP contribution in [0.2, 0.25) is 0 Å². The summed E-state index contributed by atoms with van der Waals surface area (Å²) >= 11 is 0. The fourth-order valence-electron chi connectivity index (χ4n) is 2.59. The monoisotopic (exact) mass is 287 g/mol. The maximum atomic E-state index is 13.8. The second-order valence-electron chi connectivity index (χ2n) is 5.11. The maximum Gasteiger partial charge on any atom is 0.272 e. The third-order valence-corrected chi connectivity index (χ3v) is 3.67. The molecule has 0 saturated heterocycles. The number of nitro benzene ring substituents is 1. The summed E-state index contributed by atoms with van der Waals surface area (Å²) < 4.78 is 19.3. The van der Waals surface area contributed by atoms with E-state index < -0.39 is 10.7 Å². The van der Waals surface area contributed by atoms with E-state index >= 15 is 0 Å². The van der Waals surface area contributed by atoms with Gasteiger partial charge in [-0.2, -0.15) is 0 Å². The Bertz CT molecular complexity index is 700. The Balaban J connectivity index is 1.85. The number of fused-ring (bicyclic) bond motifs is 1. The first-order chi connectivity index (χ1) is 10.1. The van der Waals surface area contributed by atoms with Gasteiger partial charge in [-0.15, -0.1) is 0 Å². The number of aryl methyl sites for hydroxylation is 2. The van der Waals surface area contributed by atoms with Crippen molar-refractivity contribution in [1.29, 1.82) is 0 Å². The number of benzene rings is 2. The first kappa shape index (κ1) is 13.5. The van der Waals surface area contributed by atoms with Gasteiger partial charge in [0.15, 0.2) is 11.6 Å². The van der Waals surface area contributed by atoms with Gasteiger partial charge in [-0.25, -0.2) is 4.39 Å². The quantitative estimate of drug-likeness (QED) is 0.621. The highest BCUT2D eigenvalue weighted by Crippen LogP contribution is 2.30. The standard InChI is InChI=1S/C16H14FNO3/c17-15-10-13(18(19)20)6-8-16(15)21-14-7-5-11-3-1-2-4-12(11)9-14/h5-10H,1-4H2. The Morgan fingerprint density at radius 2 is 1.81 bits per heavy atom. The summed E-state index contributed by atoms with van der Waals surface area (Å²) in [6.07, 6.45) is 4.43. The van der Waals surface area contributed by atoms with Crippen molar-refractivity contribution in [3.63, 3.8) is 0 Å². The predicted octanol–water partition coefficient (Wildman–Crippen LogP) is 4.41. The number of ether oxygens (including phenoxy) is 1. The highest BCUT2D eigenvalue weighted by Gasteiger charge is 2.14. The Morgan fingerprint density at radius 1 is 1.05 bits per heavy atom. The molecule has 0 spiro atoms. The highest BCUT2D eigenvalue weighted by atomic mass is 19.1. The third kappa shape index (κ3) is 2.86. The van der Waals surface area contributed by atoms with Crippen LogP contribution in [0.3, 0.4) is 0 Å². The van der Waals surface area contributed by atoms with E-state index in [9.17, 15) is 14.5 Å². The average molecular weight is 287 g/mol. The van der Waals surface area contributed by atoms with Gasteiger partial charge in [-0.1, -0.05) is 6.07 Å². The van der Waals surface area contributed by atoms with Crippen molar-refractivity contribution < 1.29 is 14.1 Å². The molecule has 0 amide bonds. The molecule has 1 aliphatic rings. The van der Waals surface area contributed by atoms with E-state index in [1.807, 2.05) is 18.2 Å². The van der Waals surface area contributed by atoms with Crippen LogP contribution in [0.4, 0.5) is 10.1 Å². The van der Waals surface area contributed by atoms with Crippen molar-refractivity contribution in [2.45, 2.75) is 25.7 Å². The molecule has 4 nitrogen and oxygen atoms in total. The molecule has 0 atom stereocenters. The van der Waals surface area contributed by atoms with Crippen molar-refractivity contribution in [3.05, 3.63) is 63.5 Å². The lowest BCUT2D eigenvalue weighted by atomic mass is 9.92. The molecule has 0 fully saturated rings. The van der Waals surface area contributed by atoms with Gasteiger partial charge in [0, 0.05) is 6.07 Å². The second-order valence-corrected chi connectivity index (χ2v) is 5.11. The lowest BCUT2D eigenvalue weighted by molar-refractivity contribution is -0.385. The van der Waals surface area contributed by atoms with Crippen LogP contribution in [0.1, 0.15) is 24.0 Å². The van der Waals surface area contributed by atoms with Crippen LogP contribution in [0.25, 0.3) is 0 Å². The molecule has 0 radical (unpaired) electrons. The molecular formula is C16H14FNO3. The number of hydrogen-bond donors (Lipinski definition) is 0. The second kappa shape index (κ2) is 5.52. The minimum absolute atomic E-state index is 0.00337. The summed E-state index contributed by atoms with van der Waals surface area (Å²) in [6.45, 7) is 0. The van der Waals surface area contributed by atoms with Crippen molar-refractivity contribution in [2.75, 3.05) is 0 Å². The summed E-state index contributed by atoms with van der Waals surface area (Å²) in [6, 6.07) is 9.13. The van der Waals surface area contributed by atoms with Gasteiger partial charge in [0.1, 0.15) is 5.75 Å². The molecule has 0 N–H and O–H groups in total. The van der Waals surface area contributed by atoms with E-state index in [0.717, 1.165) is 25.3 Å². The fourth-order valence-corrected chi connectivity index (χ4v) is 2.59. The van der Waals surface area contributed by atoms with Gasteiger partial charge in [-0.3, -0.25) is 10.1 Å². The molecule has 1 aliphatic carbocycles. The van der Waals surface area contributed by atoms with Crippen LogP contribution in [0, 0.1) is 15.9 Å². The first-order valence-corrected chi connectivity index (χ1v) is 6.87. The number of halogens is 1. The van der Waals surface area contributed by atoms with Gasteiger partial charge in [0.25, 0.3) is 5.69 Å². The zero-order valence-corrected chi connectivity index (χ0v) is 11.3. The summed E-state index contributed by atoms with van der Waals surface area (Å²) in [5, 5.41) is 10.6. The van der Waals surface area contributed by atoms with Gasteiger partial charge in [0.05, 0.1) is 11.0 Å². The van der Waals surface area contributed by atoms with Crippen molar-refractivity contribution in [2.24, 2.45) is 0 Å². The maximum absolute atomic E-state index is 13.8. The van der Waals surface area contributed by atoms with Crippen LogP contribution in [-0.4, -0.2) is 4.92 Å². The Labute approximate surface area is 121 Å². The van der Waals surface area contributed by atoms with E-state index in [4.69, 9.17) is 4.74 Å². The van der Waals surface area contributed by atoms with Crippen LogP contribution in [0.5, 0.6) is 11.5 Å². The number of hydrogen-bond acceptors (Lipinski definition) is 3. The number of nitro groups is 1. The fraction of sp³-hybridized carbons (Fsp3) is 0.250. The highest BCUT2D eigenvalue weighted by molar-refractivity contribution is 5.42. The van der Waals surface area contributed by atoms with Crippen molar-refractivity contribution >= 4 is 5.69 Å². The van der Waals surface area contributed by atoms with E-state index in [1.165, 1.54) is 29.7 Å². The van der Waals surface area contributed by atoms with Crippen molar-refractivity contribution in [1.82, 2.24) is 0 Å². The van der Waals surface area contributed by atoms with E-state index in [2.05, 4.69) is 0 Å². The number of nitrogens with zero attached hydrogens (tertiary/aromatic N) is 1. The largest absolute Gasteiger partial charge is 0.454 e. The third-order valence-electron chi connectivity index (χ3n) is 3.67. The van der Waals surface area contributed by atoms with Gasteiger partial charge in [0.2, 0.25) is 0 Å². The minimum Gasteiger partial charge on any atom is -0.454 e. The topological polar surface area (TPSA) is 52.4 Å². The number of non-ortho nitro benzene ring substituents is 1. The SMILES string of the molecule is O=[N+]([O-])c1ccc(Oc2ccc3c(c2)CCCC3)c(F)c1. The average Bonchev–Trinajstić information content (AvgIpc) is 2.49. The predicted molar refractivity (Wildman–Crippen MR) is 76.2 cm³/mol. The van der Waals surface area contributed by atoms with Crippen LogP contribution in [-0.2, 0) is 12.8 Å². The molecule has 21 heavy (non-hydrogen) atoms. The zero-order chi connectivity index (χ0) is 14.8. The molecule has 2 aromatic rings. The van der Waals surface area contributed by atoms with Crippen LogP contribution >= 0.6 is 0 Å². The van der Waals surface area contributed by atoms with Gasteiger partial charge >= 0.3 is 0 Å². The van der Waals surface area contributed by atoms with E-state index in [1.54, 1.807) is 0 Å². The first-order valence-electron chi connectivity index (χ1n) is 6.87. The molecular weight excluding hydrogens is 273 g/mol. The zero-order valence-electron chi connectivity index (χ0n) is 11.3.